The molecule has 1 saturated heterocycles. The molecule has 1 saturated carbocycles. The van der Waals surface area contributed by atoms with Crippen LogP contribution >= 0.6 is 0 Å². The zero-order chi connectivity index (χ0) is 28.1. The van der Waals surface area contributed by atoms with Gasteiger partial charge in [-0.3, -0.25) is 4.79 Å². The monoisotopic (exact) mass is 551 g/mol. The number of halogens is 6. The summed E-state index contributed by atoms with van der Waals surface area (Å²) < 4.78 is 87.3. The van der Waals surface area contributed by atoms with Gasteiger partial charge in [0.2, 0.25) is 0 Å². The number of aryl methyl sites for hydroxylation is 1. The summed E-state index contributed by atoms with van der Waals surface area (Å²) in [5.74, 6) is 0.584. The van der Waals surface area contributed by atoms with E-state index in [1.54, 1.807) is 6.08 Å². The molecule has 2 fully saturated rings. The van der Waals surface area contributed by atoms with Crippen LogP contribution in [-0.4, -0.2) is 29.9 Å². The number of hydrogen-bond donors (Lipinski definition) is 0. The van der Waals surface area contributed by atoms with Crippen LogP contribution in [-0.2, 0) is 21.9 Å². The van der Waals surface area contributed by atoms with Crippen LogP contribution in [0.5, 0.6) is 0 Å². The Morgan fingerprint density at radius 3 is 2.18 bits per heavy atom. The molecule has 0 amide bonds. The van der Waals surface area contributed by atoms with Crippen LogP contribution < -0.4 is 0 Å². The van der Waals surface area contributed by atoms with Gasteiger partial charge in [0.05, 0.1) is 23.3 Å². The number of benzene rings is 2. The lowest BCUT2D eigenvalue weighted by molar-refractivity contribution is -0.143. The SMILES string of the molecule is Cc1ccccc1[C@H]1[C@@H]2CN(C3=CC(=O)CC3)C[C@H]2CC[C@@H]1O[C@H](C)c1cc(C(F)(F)F)cc(C(F)(F)F)c1. The summed E-state index contributed by atoms with van der Waals surface area (Å²) in [6.45, 7) is 5.09. The Morgan fingerprint density at radius 1 is 0.923 bits per heavy atom. The highest BCUT2D eigenvalue weighted by Crippen LogP contribution is 2.49. The summed E-state index contributed by atoms with van der Waals surface area (Å²) in [7, 11) is 0. The minimum atomic E-state index is -4.92. The predicted octanol–water partition coefficient (Wildman–Crippen LogP) is 7.85. The number of ketones is 1. The molecule has 0 N–H and O–H groups in total. The van der Waals surface area contributed by atoms with Gasteiger partial charge in [0.25, 0.3) is 0 Å². The van der Waals surface area contributed by atoms with Crippen molar-refractivity contribution in [1.29, 1.82) is 0 Å². The lowest BCUT2D eigenvalue weighted by atomic mass is 9.68. The normalized spacial score (nSPS) is 26.5. The van der Waals surface area contributed by atoms with Gasteiger partial charge in [-0.1, -0.05) is 24.3 Å². The Kier molecular flexibility index (Phi) is 7.33. The number of hydrogen-bond acceptors (Lipinski definition) is 3. The molecule has 3 nitrogen and oxygen atoms in total. The van der Waals surface area contributed by atoms with E-state index in [-0.39, 0.29) is 35.4 Å². The van der Waals surface area contributed by atoms with E-state index >= 15 is 0 Å². The first kappa shape index (κ1) is 27.7. The lowest BCUT2D eigenvalue weighted by Gasteiger charge is -2.41. The van der Waals surface area contributed by atoms with Crippen molar-refractivity contribution in [2.45, 2.75) is 70.0 Å². The minimum absolute atomic E-state index is 0.0806. The van der Waals surface area contributed by atoms with Crippen molar-refractivity contribution in [3.63, 3.8) is 0 Å². The first-order valence-electron chi connectivity index (χ1n) is 13.3. The third-order valence-electron chi connectivity index (χ3n) is 8.54. The number of fused-ring (bicyclic) bond motifs is 1. The van der Waals surface area contributed by atoms with Crippen molar-refractivity contribution in [3.8, 4) is 0 Å². The number of ether oxygens (including phenoxy) is 1. The molecule has 0 spiro atoms. The molecule has 210 valence electrons. The fourth-order valence-corrected chi connectivity index (χ4v) is 6.61. The van der Waals surface area contributed by atoms with Crippen molar-refractivity contribution in [2.24, 2.45) is 11.8 Å². The van der Waals surface area contributed by atoms with Gasteiger partial charge in [0.15, 0.2) is 5.78 Å². The van der Waals surface area contributed by atoms with Crippen LogP contribution in [0.1, 0.15) is 72.4 Å². The average molecular weight is 552 g/mol. The maximum atomic E-state index is 13.5. The number of carbonyl (C=O) groups excluding carboxylic acids is 1. The second-order valence-corrected chi connectivity index (χ2v) is 11.0. The summed E-state index contributed by atoms with van der Waals surface area (Å²) in [4.78, 5) is 14.1. The first-order chi connectivity index (χ1) is 18.3. The summed E-state index contributed by atoms with van der Waals surface area (Å²) in [5, 5.41) is 0. The van der Waals surface area contributed by atoms with Gasteiger partial charge in [-0.05, 0) is 79.8 Å². The maximum absolute atomic E-state index is 13.5. The van der Waals surface area contributed by atoms with E-state index in [0.29, 0.717) is 18.8 Å². The molecule has 9 heteroatoms. The summed E-state index contributed by atoms with van der Waals surface area (Å²) in [6.07, 6.45) is -6.76. The molecule has 1 heterocycles. The van der Waals surface area contributed by atoms with Crippen molar-refractivity contribution in [2.75, 3.05) is 13.1 Å². The Balaban J connectivity index is 1.46. The van der Waals surface area contributed by atoms with Gasteiger partial charge in [-0.2, -0.15) is 26.3 Å². The number of nitrogens with zero attached hydrogens (tertiary/aromatic N) is 1. The molecule has 0 radical (unpaired) electrons. The fraction of sp³-hybridized carbons (Fsp3) is 0.500. The van der Waals surface area contributed by atoms with Gasteiger partial charge in [0.1, 0.15) is 0 Å². The second kappa shape index (κ2) is 10.3. The van der Waals surface area contributed by atoms with E-state index in [1.165, 1.54) is 6.92 Å². The van der Waals surface area contributed by atoms with E-state index in [9.17, 15) is 31.1 Å². The van der Waals surface area contributed by atoms with Crippen LogP contribution in [0.4, 0.5) is 26.3 Å². The minimum Gasteiger partial charge on any atom is -0.374 e. The quantitative estimate of drug-likeness (QED) is 0.355. The van der Waals surface area contributed by atoms with E-state index in [1.807, 2.05) is 31.2 Å². The van der Waals surface area contributed by atoms with Gasteiger partial charge in [0, 0.05) is 37.2 Å². The molecule has 0 bridgehead atoms. The molecule has 0 unspecified atom stereocenters. The highest BCUT2D eigenvalue weighted by Gasteiger charge is 2.47. The molecule has 0 aromatic heterocycles. The predicted molar refractivity (Wildman–Crippen MR) is 134 cm³/mol. The van der Waals surface area contributed by atoms with Crippen LogP contribution in [0.15, 0.2) is 54.2 Å². The lowest BCUT2D eigenvalue weighted by Crippen LogP contribution is -2.38. The van der Waals surface area contributed by atoms with Gasteiger partial charge < -0.3 is 9.64 Å². The smallest absolute Gasteiger partial charge is 0.374 e. The topological polar surface area (TPSA) is 29.5 Å². The Bertz CT molecular complexity index is 1230. The Morgan fingerprint density at radius 2 is 1.59 bits per heavy atom. The zero-order valence-electron chi connectivity index (χ0n) is 21.8. The molecule has 2 aliphatic carbocycles. The third kappa shape index (κ3) is 5.74. The molecule has 2 aromatic carbocycles. The van der Waals surface area contributed by atoms with Gasteiger partial charge in [-0.15, -0.1) is 0 Å². The zero-order valence-corrected chi connectivity index (χ0v) is 21.8. The summed E-state index contributed by atoms with van der Waals surface area (Å²) in [5.41, 5.74) is 0.373. The molecule has 5 atom stereocenters. The Hall–Kier alpha value is -2.81. The van der Waals surface area contributed by atoms with E-state index in [0.717, 1.165) is 54.9 Å². The van der Waals surface area contributed by atoms with Crippen LogP contribution in [0.25, 0.3) is 0 Å². The van der Waals surface area contributed by atoms with Crippen molar-refractivity contribution >= 4 is 5.78 Å². The van der Waals surface area contributed by atoms with E-state index < -0.39 is 29.6 Å². The number of rotatable bonds is 5. The largest absolute Gasteiger partial charge is 0.416 e. The van der Waals surface area contributed by atoms with Crippen molar-refractivity contribution in [3.05, 3.63) is 82.1 Å². The number of carbonyl (C=O) groups is 1. The first-order valence-corrected chi connectivity index (χ1v) is 13.3. The molecule has 39 heavy (non-hydrogen) atoms. The molecule has 1 aliphatic heterocycles. The van der Waals surface area contributed by atoms with Crippen LogP contribution in [0.3, 0.4) is 0 Å². The maximum Gasteiger partial charge on any atom is 0.416 e. The van der Waals surface area contributed by atoms with E-state index in [4.69, 9.17) is 4.74 Å². The molecular formula is C30H31F6NO2. The van der Waals surface area contributed by atoms with Gasteiger partial charge in [-0.25, -0.2) is 0 Å². The highest BCUT2D eigenvalue weighted by atomic mass is 19.4. The number of allylic oxidation sites excluding steroid dienone is 2. The van der Waals surface area contributed by atoms with Gasteiger partial charge >= 0.3 is 12.4 Å². The van der Waals surface area contributed by atoms with Crippen molar-refractivity contribution in [1.82, 2.24) is 4.90 Å². The fourth-order valence-electron chi connectivity index (χ4n) is 6.61. The third-order valence-corrected chi connectivity index (χ3v) is 8.54. The molecule has 2 aromatic rings. The molecule has 5 rings (SSSR count). The molecule has 3 aliphatic rings. The number of likely N-dealkylation sites (tertiary alicyclic amines) is 1. The summed E-state index contributed by atoms with van der Waals surface area (Å²) in [6, 6.07) is 9.59. The van der Waals surface area contributed by atoms with E-state index in [2.05, 4.69) is 4.90 Å². The second-order valence-electron chi connectivity index (χ2n) is 11.0. The number of alkyl halides is 6. The standard InChI is InChI=1S/C30H31F6NO2/c1-17-5-3-4-6-25(17)28-26-16-37(23-8-9-24(38)14-23)15-19(26)7-10-27(28)39-18(2)20-11-21(29(31,32)33)13-22(12-20)30(34,35)36/h3-6,11-14,18-19,26-28H,7-10,15-16H2,1-2H3/t18-,19-,26-,27+,28+/m1/s1. The van der Waals surface area contributed by atoms with Crippen LogP contribution in [0, 0.1) is 18.8 Å². The highest BCUT2D eigenvalue weighted by molar-refractivity contribution is 5.92. The Labute approximate surface area is 223 Å². The average Bonchev–Trinajstić information content (AvgIpc) is 3.49. The summed E-state index contributed by atoms with van der Waals surface area (Å²) >= 11 is 0. The van der Waals surface area contributed by atoms with Crippen LogP contribution in [0.2, 0.25) is 0 Å². The van der Waals surface area contributed by atoms with Crippen molar-refractivity contribution < 1.29 is 35.9 Å². The molecular weight excluding hydrogens is 520 g/mol.